The van der Waals surface area contributed by atoms with Crippen LogP contribution in [-0.2, 0) is 11.2 Å². The predicted molar refractivity (Wildman–Crippen MR) is 71.5 cm³/mol. The lowest BCUT2D eigenvalue weighted by Gasteiger charge is -2.07. The SMILES string of the molecule is C=C(C)CCOCCOc1ccc(CC#N)cc1. The second-order valence-electron chi connectivity index (χ2n) is 4.15. The Morgan fingerprint density at radius 2 is 1.94 bits per heavy atom. The molecule has 0 saturated carbocycles. The maximum Gasteiger partial charge on any atom is 0.119 e. The van der Waals surface area contributed by atoms with Crippen LogP contribution < -0.4 is 4.74 Å². The number of nitrogens with zero attached hydrogens (tertiary/aromatic N) is 1. The molecule has 0 aromatic heterocycles. The van der Waals surface area contributed by atoms with Crippen LogP contribution in [0.1, 0.15) is 18.9 Å². The van der Waals surface area contributed by atoms with Gasteiger partial charge < -0.3 is 9.47 Å². The van der Waals surface area contributed by atoms with Gasteiger partial charge in [-0.3, -0.25) is 0 Å². The minimum Gasteiger partial charge on any atom is -0.491 e. The molecule has 0 unspecified atom stereocenters. The molecule has 96 valence electrons. The highest BCUT2D eigenvalue weighted by atomic mass is 16.5. The number of hydrogen-bond donors (Lipinski definition) is 0. The van der Waals surface area contributed by atoms with Crippen LogP contribution in [0.5, 0.6) is 5.75 Å². The summed E-state index contributed by atoms with van der Waals surface area (Å²) in [5, 5.41) is 8.55. The summed E-state index contributed by atoms with van der Waals surface area (Å²) in [4.78, 5) is 0. The molecule has 18 heavy (non-hydrogen) atoms. The molecule has 3 heteroatoms. The molecule has 0 atom stereocenters. The van der Waals surface area contributed by atoms with Gasteiger partial charge in [-0.15, -0.1) is 6.58 Å². The van der Waals surface area contributed by atoms with E-state index in [9.17, 15) is 0 Å². The van der Waals surface area contributed by atoms with Crippen LogP contribution in [0.4, 0.5) is 0 Å². The molecule has 0 aliphatic heterocycles. The zero-order valence-corrected chi connectivity index (χ0v) is 10.8. The molecular weight excluding hydrogens is 226 g/mol. The van der Waals surface area contributed by atoms with Crippen molar-refractivity contribution in [3.63, 3.8) is 0 Å². The van der Waals surface area contributed by atoms with Crippen molar-refractivity contribution in [3.8, 4) is 11.8 Å². The van der Waals surface area contributed by atoms with Crippen molar-refractivity contribution in [2.45, 2.75) is 19.8 Å². The fourth-order valence-corrected chi connectivity index (χ4v) is 1.36. The van der Waals surface area contributed by atoms with E-state index in [0.29, 0.717) is 26.2 Å². The predicted octanol–water partition coefficient (Wildman–Crippen LogP) is 3.11. The lowest BCUT2D eigenvalue weighted by atomic mass is 10.2. The van der Waals surface area contributed by atoms with E-state index < -0.39 is 0 Å². The molecule has 0 heterocycles. The molecule has 0 spiro atoms. The summed E-state index contributed by atoms with van der Waals surface area (Å²) in [5.41, 5.74) is 2.13. The van der Waals surface area contributed by atoms with Crippen LogP contribution in [0, 0.1) is 11.3 Å². The fourth-order valence-electron chi connectivity index (χ4n) is 1.36. The first-order chi connectivity index (χ1) is 8.72. The van der Waals surface area contributed by atoms with E-state index in [1.165, 1.54) is 0 Å². The second kappa shape index (κ2) is 8.32. The summed E-state index contributed by atoms with van der Waals surface area (Å²) >= 11 is 0. The first-order valence-corrected chi connectivity index (χ1v) is 6.03. The Labute approximate surface area is 109 Å². The van der Waals surface area contributed by atoms with Crippen LogP contribution in [0.15, 0.2) is 36.4 Å². The summed E-state index contributed by atoms with van der Waals surface area (Å²) in [5.74, 6) is 0.806. The van der Waals surface area contributed by atoms with Gasteiger partial charge >= 0.3 is 0 Å². The van der Waals surface area contributed by atoms with E-state index in [1.54, 1.807) is 0 Å². The third kappa shape index (κ3) is 6.07. The van der Waals surface area contributed by atoms with Gasteiger partial charge in [-0.25, -0.2) is 0 Å². The van der Waals surface area contributed by atoms with Crippen LogP contribution in [0.3, 0.4) is 0 Å². The maximum atomic E-state index is 8.55. The normalized spacial score (nSPS) is 9.78. The van der Waals surface area contributed by atoms with Gasteiger partial charge in [0.1, 0.15) is 12.4 Å². The maximum absolute atomic E-state index is 8.55. The molecule has 0 amide bonds. The van der Waals surface area contributed by atoms with E-state index in [1.807, 2.05) is 31.2 Å². The average molecular weight is 245 g/mol. The molecule has 1 rings (SSSR count). The lowest BCUT2D eigenvalue weighted by Crippen LogP contribution is -2.07. The molecule has 0 aliphatic rings. The van der Waals surface area contributed by atoms with Gasteiger partial charge in [0, 0.05) is 0 Å². The Morgan fingerprint density at radius 3 is 2.56 bits per heavy atom. The quantitative estimate of drug-likeness (QED) is 0.522. The number of hydrogen-bond acceptors (Lipinski definition) is 3. The number of rotatable bonds is 8. The smallest absolute Gasteiger partial charge is 0.119 e. The molecule has 0 fully saturated rings. The van der Waals surface area contributed by atoms with Gasteiger partial charge in [0.25, 0.3) is 0 Å². The highest BCUT2D eigenvalue weighted by molar-refractivity contribution is 5.28. The molecule has 0 bridgehead atoms. The van der Waals surface area contributed by atoms with E-state index in [-0.39, 0.29) is 0 Å². The van der Waals surface area contributed by atoms with Crippen LogP contribution in [0.2, 0.25) is 0 Å². The molecule has 0 aliphatic carbocycles. The molecule has 1 aromatic rings. The van der Waals surface area contributed by atoms with Gasteiger partial charge in [0.15, 0.2) is 0 Å². The molecule has 0 saturated heterocycles. The first kappa shape index (κ1) is 14.3. The van der Waals surface area contributed by atoms with Crippen molar-refractivity contribution < 1.29 is 9.47 Å². The van der Waals surface area contributed by atoms with E-state index in [4.69, 9.17) is 14.7 Å². The van der Waals surface area contributed by atoms with E-state index in [0.717, 1.165) is 23.3 Å². The van der Waals surface area contributed by atoms with Crippen LogP contribution in [0.25, 0.3) is 0 Å². The summed E-state index contributed by atoms with van der Waals surface area (Å²) in [6, 6.07) is 9.67. The third-order valence-electron chi connectivity index (χ3n) is 2.38. The van der Waals surface area contributed by atoms with Gasteiger partial charge in [-0.05, 0) is 31.0 Å². The fraction of sp³-hybridized carbons (Fsp3) is 0.400. The van der Waals surface area contributed by atoms with Crippen LogP contribution >= 0.6 is 0 Å². The summed E-state index contributed by atoms with van der Waals surface area (Å²) in [6.45, 7) is 7.60. The van der Waals surface area contributed by atoms with Crippen molar-refractivity contribution in [3.05, 3.63) is 42.0 Å². The summed E-state index contributed by atoms with van der Waals surface area (Å²) in [6.07, 6.45) is 1.33. The summed E-state index contributed by atoms with van der Waals surface area (Å²) in [7, 11) is 0. The largest absolute Gasteiger partial charge is 0.491 e. The zero-order valence-electron chi connectivity index (χ0n) is 10.8. The topological polar surface area (TPSA) is 42.2 Å². The molecule has 0 radical (unpaired) electrons. The van der Waals surface area contributed by atoms with Gasteiger partial charge in [0.2, 0.25) is 0 Å². The Balaban J connectivity index is 2.15. The van der Waals surface area contributed by atoms with Gasteiger partial charge in [-0.2, -0.15) is 5.26 Å². The number of ether oxygens (including phenoxy) is 2. The Bertz CT molecular complexity index is 403. The Hall–Kier alpha value is -1.79. The minimum atomic E-state index is 0.435. The van der Waals surface area contributed by atoms with Crippen molar-refractivity contribution in [1.29, 1.82) is 5.26 Å². The number of nitriles is 1. The average Bonchev–Trinajstić information content (AvgIpc) is 2.35. The Morgan fingerprint density at radius 1 is 1.22 bits per heavy atom. The molecular formula is C15H19NO2. The summed E-state index contributed by atoms with van der Waals surface area (Å²) < 4.78 is 10.9. The van der Waals surface area contributed by atoms with Gasteiger partial charge in [0.05, 0.1) is 25.7 Å². The zero-order chi connectivity index (χ0) is 13.2. The van der Waals surface area contributed by atoms with Crippen molar-refractivity contribution in [1.82, 2.24) is 0 Å². The minimum absolute atomic E-state index is 0.435. The van der Waals surface area contributed by atoms with E-state index >= 15 is 0 Å². The van der Waals surface area contributed by atoms with Crippen molar-refractivity contribution in [2.75, 3.05) is 19.8 Å². The molecule has 3 nitrogen and oxygen atoms in total. The number of benzene rings is 1. The highest BCUT2D eigenvalue weighted by Gasteiger charge is 1.95. The lowest BCUT2D eigenvalue weighted by molar-refractivity contribution is 0.102. The third-order valence-corrected chi connectivity index (χ3v) is 2.38. The van der Waals surface area contributed by atoms with E-state index in [2.05, 4.69) is 12.6 Å². The molecule has 0 N–H and O–H groups in total. The first-order valence-electron chi connectivity index (χ1n) is 6.03. The monoisotopic (exact) mass is 245 g/mol. The standard InChI is InChI=1S/C15H19NO2/c1-13(2)8-10-17-11-12-18-15-5-3-14(4-6-15)7-9-16/h3-6H,1,7-8,10-12H2,2H3. The van der Waals surface area contributed by atoms with Crippen molar-refractivity contribution >= 4 is 0 Å². The van der Waals surface area contributed by atoms with Gasteiger partial charge in [-0.1, -0.05) is 17.7 Å². The van der Waals surface area contributed by atoms with Crippen LogP contribution in [-0.4, -0.2) is 19.8 Å². The second-order valence-corrected chi connectivity index (χ2v) is 4.15. The Kier molecular flexibility index (Phi) is 6.60. The highest BCUT2D eigenvalue weighted by Crippen LogP contribution is 2.12. The van der Waals surface area contributed by atoms with Crippen molar-refractivity contribution in [2.24, 2.45) is 0 Å². The molecule has 1 aromatic carbocycles.